The van der Waals surface area contributed by atoms with Crippen molar-refractivity contribution in [1.29, 1.82) is 0 Å². The highest BCUT2D eigenvalue weighted by molar-refractivity contribution is 7.05. The van der Waals surface area contributed by atoms with Crippen LogP contribution in [0.15, 0.2) is 55.1 Å². The number of hydrogen-bond acceptors (Lipinski definition) is 7. The number of benzene rings is 2. The SMILES string of the molecule is Cn1cnc(C(=O)Nc2cccc(-c3nsc(Cc4ccc5[nH]ncc5c4Cl)n3)c2)c1.O=C(O)C(F)(F)F. The number of amides is 1. The van der Waals surface area contributed by atoms with Crippen molar-refractivity contribution in [3.05, 3.63) is 76.4 Å². The fourth-order valence-electron chi connectivity index (χ4n) is 3.23. The molecular weight excluding hydrogens is 547 g/mol. The van der Waals surface area contributed by atoms with Gasteiger partial charge in [-0.1, -0.05) is 29.8 Å². The molecule has 0 aliphatic heterocycles. The standard InChI is InChI=1S/C21H16ClN7OS.C2HF3O2/c1-29-10-17(23-11-29)21(30)25-14-4-2-3-13(7-14)20-26-18(31-28-20)8-12-5-6-16-15(19(12)22)9-24-27-16;3-2(4,5)1(6)7/h2-7,9-11H,8H2,1H3,(H,24,27)(H,25,30);(H,6,7). The zero-order valence-corrected chi connectivity index (χ0v) is 20.9. The summed E-state index contributed by atoms with van der Waals surface area (Å²) in [5.74, 6) is -2.42. The fourth-order valence-corrected chi connectivity index (χ4v) is 4.20. The Morgan fingerprint density at radius 2 is 2.00 bits per heavy atom. The number of carbonyl (C=O) groups excluding carboxylic acids is 1. The summed E-state index contributed by atoms with van der Waals surface area (Å²) in [6, 6.07) is 11.4. The number of rotatable bonds is 5. The Morgan fingerprint density at radius 3 is 2.68 bits per heavy atom. The van der Waals surface area contributed by atoms with Gasteiger partial charge in [0.05, 0.1) is 23.1 Å². The Kier molecular flexibility index (Phi) is 7.73. The van der Waals surface area contributed by atoms with Crippen LogP contribution in [0.25, 0.3) is 22.3 Å². The molecule has 2 aromatic carbocycles. The summed E-state index contributed by atoms with van der Waals surface area (Å²) >= 11 is 7.86. The molecule has 0 radical (unpaired) electrons. The number of anilines is 1. The van der Waals surface area contributed by atoms with Gasteiger partial charge in [-0.25, -0.2) is 14.8 Å². The van der Waals surface area contributed by atoms with Crippen molar-refractivity contribution in [3.8, 4) is 11.4 Å². The average molecular weight is 564 g/mol. The number of carboxylic acids is 1. The highest BCUT2D eigenvalue weighted by Gasteiger charge is 2.38. The van der Waals surface area contributed by atoms with Crippen LogP contribution in [-0.4, -0.2) is 52.3 Å². The third-order valence-electron chi connectivity index (χ3n) is 5.01. The molecule has 196 valence electrons. The molecule has 0 bridgehead atoms. The largest absolute Gasteiger partial charge is 0.490 e. The maximum atomic E-state index is 12.4. The predicted octanol–water partition coefficient (Wildman–Crippen LogP) is 4.94. The van der Waals surface area contributed by atoms with Gasteiger partial charge in [-0.3, -0.25) is 9.89 Å². The number of carbonyl (C=O) groups is 2. The normalized spacial score (nSPS) is 11.2. The van der Waals surface area contributed by atoms with Gasteiger partial charge in [0.2, 0.25) is 0 Å². The van der Waals surface area contributed by atoms with Crippen molar-refractivity contribution >= 4 is 51.6 Å². The Labute approximate surface area is 221 Å². The van der Waals surface area contributed by atoms with E-state index in [0.717, 1.165) is 27.0 Å². The molecule has 0 fully saturated rings. The second kappa shape index (κ2) is 11.0. The quantitative estimate of drug-likeness (QED) is 0.275. The molecule has 0 aliphatic rings. The summed E-state index contributed by atoms with van der Waals surface area (Å²) < 4.78 is 37.9. The van der Waals surface area contributed by atoms with E-state index < -0.39 is 12.1 Å². The number of fused-ring (bicyclic) bond motifs is 1. The molecule has 0 saturated carbocycles. The van der Waals surface area contributed by atoms with Gasteiger partial charge in [-0.2, -0.15) is 22.6 Å². The Bertz CT molecular complexity index is 1610. The van der Waals surface area contributed by atoms with Crippen molar-refractivity contribution in [3.63, 3.8) is 0 Å². The molecule has 5 rings (SSSR count). The van der Waals surface area contributed by atoms with Crippen LogP contribution in [-0.2, 0) is 18.3 Å². The fraction of sp³-hybridized carbons (Fsp3) is 0.130. The minimum atomic E-state index is -5.08. The number of halogens is 4. The highest BCUT2D eigenvalue weighted by atomic mass is 35.5. The van der Waals surface area contributed by atoms with Crippen LogP contribution in [0.5, 0.6) is 0 Å². The van der Waals surface area contributed by atoms with E-state index in [2.05, 4.69) is 29.9 Å². The van der Waals surface area contributed by atoms with E-state index in [-0.39, 0.29) is 5.91 Å². The van der Waals surface area contributed by atoms with Crippen LogP contribution in [0.1, 0.15) is 21.1 Å². The monoisotopic (exact) mass is 563 g/mol. The molecule has 3 aromatic heterocycles. The number of nitrogens with zero attached hydrogens (tertiary/aromatic N) is 5. The van der Waals surface area contributed by atoms with Crippen molar-refractivity contribution < 1.29 is 27.9 Å². The smallest absolute Gasteiger partial charge is 0.475 e. The summed E-state index contributed by atoms with van der Waals surface area (Å²) in [6.45, 7) is 0. The molecule has 38 heavy (non-hydrogen) atoms. The minimum absolute atomic E-state index is 0.269. The highest BCUT2D eigenvalue weighted by Crippen LogP contribution is 2.29. The molecule has 0 spiro atoms. The van der Waals surface area contributed by atoms with Crippen LogP contribution in [0.4, 0.5) is 18.9 Å². The third kappa shape index (κ3) is 6.33. The third-order valence-corrected chi connectivity index (χ3v) is 6.16. The number of aromatic nitrogens is 6. The van der Waals surface area contributed by atoms with Gasteiger partial charge in [-0.05, 0) is 35.3 Å². The van der Waals surface area contributed by atoms with E-state index in [1.807, 2.05) is 43.4 Å². The van der Waals surface area contributed by atoms with Crippen LogP contribution >= 0.6 is 23.1 Å². The number of hydrogen-bond donors (Lipinski definition) is 3. The molecule has 0 aliphatic carbocycles. The van der Waals surface area contributed by atoms with Crippen LogP contribution < -0.4 is 5.32 Å². The van der Waals surface area contributed by atoms with E-state index in [1.54, 1.807) is 23.3 Å². The van der Waals surface area contributed by atoms with E-state index >= 15 is 0 Å². The van der Waals surface area contributed by atoms with Gasteiger partial charge in [0.15, 0.2) is 5.82 Å². The van der Waals surface area contributed by atoms with Crippen LogP contribution in [0.2, 0.25) is 5.02 Å². The Hall–Kier alpha value is -4.30. The first-order chi connectivity index (χ1) is 18.0. The minimum Gasteiger partial charge on any atom is -0.475 e. The van der Waals surface area contributed by atoms with Crippen molar-refractivity contribution in [2.24, 2.45) is 7.05 Å². The predicted molar refractivity (Wildman–Crippen MR) is 134 cm³/mol. The molecule has 10 nitrogen and oxygen atoms in total. The molecule has 0 unspecified atom stereocenters. The topological polar surface area (TPSA) is 139 Å². The van der Waals surface area contributed by atoms with Gasteiger partial charge in [-0.15, -0.1) is 0 Å². The lowest BCUT2D eigenvalue weighted by atomic mass is 10.1. The first-order valence-corrected chi connectivity index (χ1v) is 11.8. The maximum absolute atomic E-state index is 12.4. The lowest BCUT2D eigenvalue weighted by Crippen LogP contribution is -2.21. The molecule has 15 heteroatoms. The first kappa shape index (κ1) is 26.8. The molecule has 1 amide bonds. The number of nitrogens with one attached hydrogen (secondary N) is 2. The lowest BCUT2D eigenvalue weighted by Gasteiger charge is -2.05. The summed E-state index contributed by atoms with van der Waals surface area (Å²) in [5.41, 5.74) is 3.69. The number of H-pyrrole nitrogens is 1. The zero-order chi connectivity index (χ0) is 27.4. The summed E-state index contributed by atoms with van der Waals surface area (Å²) in [6.07, 6.45) is 0.466. The van der Waals surface area contributed by atoms with E-state index in [1.165, 1.54) is 11.5 Å². The maximum Gasteiger partial charge on any atom is 0.490 e. The molecule has 3 heterocycles. The van der Waals surface area contributed by atoms with Crippen molar-refractivity contribution in [2.75, 3.05) is 5.32 Å². The summed E-state index contributed by atoms with van der Waals surface area (Å²) in [4.78, 5) is 30.0. The second-order valence-corrected chi connectivity index (χ2v) is 9.03. The second-order valence-electron chi connectivity index (χ2n) is 7.82. The molecule has 3 N–H and O–H groups in total. The first-order valence-electron chi connectivity index (χ1n) is 10.6. The van der Waals surface area contributed by atoms with Gasteiger partial charge < -0.3 is 15.0 Å². The van der Waals surface area contributed by atoms with Gasteiger partial charge >= 0.3 is 12.1 Å². The van der Waals surface area contributed by atoms with E-state index in [9.17, 15) is 18.0 Å². The molecule has 0 atom stereocenters. The number of imidazole rings is 1. The Morgan fingerprint density at radius 1 is 1.24 bits per heavy atom. The summed E-state index contributed by atoms with van der Waals surface area (Å²) in [7, 11) is 1.82. The average Bonchev–Trinajstić information content (AvgIpc) is 3.62. The molecular formula is C23H17ClF3N7O3S. The molecule has 0 saturated heterocycles. The number of aliphatic carboxylic acids is 1. The van der Waals surface area contributed by atoms with Gasteiger partial charge in [0, 0.05) is 36.3 Å². The van der Waals surface area contributed by atoms with Crippen LogP contribution in [0.3, 0.4) is 0 Å². The number of aromatic amines is 1. The van der Waals surface area contributed by atoms with Crippen molar-refractivity contribution in [2.45, 2.75) is 12.6 Å². The zero-order valence-electron chi connectivity index (χ0n) is 19.3. The lowest BCUT2D eigenvalue weighted by molar-refractivity contribution is -0.192. The van der Waals surface area contributed by atoms with E-state index in [0.29, 0.717) is 28.6 Å². The van der Waals surface area contributed by atoms with Crippen molar-refractivity contribution in [1.82, 2.24) is 29.1 Å². The Balaban J connectivity index is 0.000000426. The van der Waals surface area contributed by atoms with E-state index in [4.69, 9.17) is 21.5 Å². The molecule has 5 aromatic rings. The van der Waals surface area contributed by atoms with Gasteiger partial charge in [0.25, 0.3) is 5.91 Å². The number of alkyl halides is 3. The van der Waals surface area contributed by atoms with Gasteiger partial charge in [0.1, 0.15) is 10.7 Å². The summed E-state index contributed by atoms with van der Waals surface area (Å²) in [5, 5.41) is 19.3. The number of aryl methyl sites for hydroxylation is 1. The number of carboxylic acid groups (broad SMARTS) is 1. The van der Waals surface area contributed by atoms with Crippen LogP contribution in [0, 0.1) is 0 Å².